The maximum atomic E-state index is 12.0. The molecule has 3 atom stereocenters. The van der Waals surface area contributed by atoms with E-state index in [-0.39, 0.29) is 25.6 Å². The second kappa shape index (κ2) is 39.5. The van der Waals surface area contributed by atoms with Gasteiger partial charge in [0.1, 0.15) is 19.3 Å². The number of rotatable bonds is 36. The lowest BCUT2D eigenvalue weighted by atomic mass is 10.0. The number of unbranched alkanes of at least 4 members (excludes halogenated alkanes) is 17. The van der Waals surface area contributed by atoms with Gasteiger partial charge in [-0.1, -0.05) is 189 Å². The summed E-state index contributed by atoms with van der Waals surface area (Å²) in [5, 5.41) is 29.9. The Morgan fingerprint density at radius 3 is 1.52 bits per heavy atom. The lowest BCUT2D eigenvalue weighted by molar-refractivity contribution is -0.152. The zero-order chi connectivity index (χ0) is 38.2. The van der Waals surface area contributed by atoms with E-state index in [2.05, 4.69) is 13.8 Å². The SMILES string of the molecule is CC/C=C\C[C@@H](O)/C=C/C=C\C/C=C\C=C\[C@@H](O)/C=C\CCCC(=O)OC[C@H](O)COC(=O)CCCCCCCCCCCCCCCCCCC. The summed E-state index contributed by atoms with van der Waals surface area (Å²) < 4.78 is 10.2. The largest absolute Gasteiger partial charge is 0.463 e. The number of aliphatic hydroxyl groups excluding tert-OH is 3. The fourth-order valence-electron chi connectivity index (χ4n) is 5.47. The van der Waals surface area contributed by atoms with E-state index < -0.39 is 24.3 Å². The molecule has 0 aliphatic carbocycles. The normalized spacial score (nSPS) is 14.2. The molecule has 0 saturated heterocycles. The highest BCUT2D eigenvalue weighted by Gasteiger charge is 2.12. The first-order valence-electron chi connectivity index (χ1n) is 20.7. The Morgan fingerprint density at radius 2 is 1.00 bits per heavy atom. The molecule has 0 rings (SSSR count). The standard InChI is InChI=1S/C45H76O7/c1-3-5-7-8-9-10-11-12-13-14-15-16-17-18-22-25-31-37-44(49)51-39-43(48)40-52-45(50)38-32-26-30-36-42(47)35-29-24-21-19-20-23-28-34-41(46)33-27-6-4-2/h6,20-21,23-24,27-30,34-36,41-43,46-48H,3-5,7-19,22,25-26,31-33,37-40H2,1-2H3/b23-20-,24-21-,27-6-,34-28+,35-29+,36-30-/t41-,42-,43-/m1/s1. The molecule has 7 nitrogen and oxygen atoms in total. The van der Waals surface area contributed by atoms with E-state index in [0.717, 1.165) is 32.1 Å². The summed E-state index contributed by atoms with van der Waals surface area (Å²) in [6.45, 7) is 3.95. The molecule has 0 spiro atoms. The summed E-state index contributed by atoms with van der Waals surface area (Å²) in [6.07, 6.45) is 46.1. The van der Waals surface area contributed by atoms with E-state index in [4.69, 9.17) is 9.47 Å². The van der Waals surface area contributed by atoms with E-state index in [0.29, 0.717) is 25.7 Å². The Balaban J connectivity index is 3.69. The van der Waals surface area contributed by atoms with Crippen LogP contribution in [0.15, 0.2) is 72.9 Å². The Hall–Kier alpha value is -2.74. The number of carbonyl (C=O) groups excluding carboxylic acids is 2. The molecule has 0 aliphatic heterocycles. The van der Waals surface area contributed by atoms with Crippen molar-refractivity contribution in [3.8, 4) is 0 Å². The van der Waals surface area contributed by atoms with Crippen molar-refractivity contribution in [3.63, 3.8) is 0 Å². The van der Waals surface area contributed by atoms with E-state index in [1.807, 2.05) is 48.6 Å². The van der Waals surface area contributed by atoms with Crippen LogP contribution in [0.1, 0.15) is 168 Å². The number of aliphatic hydroxyl groups is 3. The highest BCUT2D eigenvalue weighted by Crippen LogP contribution is 2.14. The monoisotopic (exact) mass is 729 g/mol. The van der Waals surface area contributed by atoms with Crippen molar-refractivity contribution in [3.05, 3.63) is 72.9 Å². The van der Waals surface area contributed by atoms with Gasteiger partial charge in [-0.25, -0.2) is 0 Å². The minimum absolute atomic E-state index is 0.176. The molecule has 52 heavy (non-hydrogen) atoms. The molecule has 0 aromatic carbocycles. The maximum absolute atomic E-state index is 12.0. The van der Waals surface area contributed by atoms with Crippen LogP contribution in [-0.2, 0) is 19.1 Å². The first-order chi connectivity index (χ1) is 25.4. The molecule has 0 aromatic rings. The van der Waals surface area contributed by atoms with E-state index in [1.165, 1.54) is 89.9 Å². The van der Waals surface area contributed by atoms with Crippen LogP contribution in [0.3, 0.4) is 0 Å². The maximum Gasteiger partial charge on any atom is 0.305 e. The second-order valence-corrected chi connectivity index (χ2v) is 13.8. The fraction of sp³-hybridized carbons (Fsp3) is 0.689. The molecule has 7 heteroatoms. The second-order valence-electron chi connectivity index (χ2n) is 13.8. The highest BCUT2D eigenvalue weighted by atomic mass is 16.6. The molecule has 0 unspecified atom stereocenters. The van der Waals surface area contributed by atoms with Crippen LogP contribution >= 0.6 is 0 Å². The van der Waals surface area contributed by atoms with Gasteiger partial charge in [0.2, 0.25) is 0 Å². The van der Waals surface area contributed by atoms with Crippen LogP contribution in [0.25, 0.3) is 0 Å². The molecule has 0 amide bonds. The van der Waals surface area contributed by atoms with Gasteiger partial charge in [0, 0.05) is 12.8 Å². The van der Waals surface area contributed by atoms with Crippen molar-refractivity contribution >= 4 is 11.9 Å². The van der Waals surface area contributed by atoms with Crippen molar-refractivity contribution in [1.29, 1.82) is 0 Å². The van der Waals surface area contributed by atoms with Gasteiger partial charge in [-0.2, -0.15) is 0 Å². The molecule has 0 aromatic heterocycles. The molecule has 0 radical (unpaired) electrons. The number of ether oxygens (including phenoxy) is 2. The summed E-state index contributed by atoms with van der Waals surface area (Å²) >= 11 is 0. The predicted octanol–water partition coefficient (Wildman–Crippen LogP) is 10.9. The van der Waals surface area contributed by atoms with Gasteiger partial charge in [0.05, 0.1) is 12.2 Å². The first kappa shape index (κ1) is 49.3. The molecular weight excluding hydrogens is 652 g/mol. The average Bonchev–Trinajstić information content (AvgIpc) is 3.13. The third kappa shape index (κ3) is 38.5. The number of hydrogen-bond acceptors (Lipinski definition) is 7. The van der Waals surface area contributed by atoms with Gasteiger partial charge in [0.25, 0.3) is 0 Å². The highest BCUT2D eigenvalue weighted by molar-refractivity contribution is 5.69. The van der Waals surface area contributed by atoms with Crippen molar-refractivity contribution in [1.82, 2.24) is 0 Å². The van der Waals surface area contributed by atoms with Crippen LogP contribution < -0.4 is 0 Å². The van der Waals surface area contributed by atoms with Gasteiger partial charge in [-0.05, 0) is 38.5 Å². The van der Waals surface area contributed by atoms with Gasteiger partial charge >= 0.3 is 11.9 Å². The van der Waals surface area contributed by atoms with E-state index in [9.17, 15) is 24.9 Å². The number of allylic oxidation sites excluding steroid dienone is 8. The smallest absolute Gasteiger partial charge is 0.305 e. The summed E-state index contributed by atoms with van der Waals surface area (Å²) in [7, 11) is 0. The minimum Gasteiger partial charge on any atom is -0.463 e. The topological polar surface area (TPSA) is 113 Å². The minimum atomic E-state index is -1.04. The van der Waals surface area contributed by atoms with E-state index >= 15 is 0 Å². The average molecular weight is 729 g/mol. The molecule has 3 N–H and O–H groups in total. The molecule has 0 aliphatic rings. The molecule has 0 heterocycles. The third-order valence-electron chi connectivity index (χ3n) is 8.63. The van der Waals surface area contributed by atoms with Gasteiger partial charge < -0.3 is 24.8 Å². The van der Waals surface area contributed by atoms with Gasteiger partial charge in [0.15, 0.2) is 0 Å². The molecule has 0 fully saturated rings. The van der Waals surface area contributed by atoms with Crippen LogP contribution in [0.5, 0.6) is 0 Å². The predicted molar refractivity (Wildman–Crippen MR) is 217 cm³/mol. The number of carbonyl (C=O) groups is 2. The Kier molecular flexibility index (Phi) is 37.4. The summed E-state index contributed by atoms with van der Waals surface area (Å²) in [5.41, 5.74) is 0. The Morgan fingerprint density at radius 1 is 0.519 bits per heavy atom. The van der Waals surface area contributed by atoms with Crippen molar-refractivity contribution < 1.29 is 34.4 Å². The summed E-state index contributed by atoms with van der Waals surface area (Å²) in [5.74, 6) is -0.742. The van der Waals surface area contributed by atoms with Crippen LogP contribution in [0, 0.1) is 0 Å². The third-order valence-corrected chi connectivity index (χ3v) is 8.63. The van der Waals surface area contributed by atoms with Gasteiger partial charge in [-0.15, -0.1) is 0 Å². The lowest BCUT2D eigenvalue weighted by Gasteiger charge is -2.12. The zero-order valence-electron chi connectivity index (χ0n) is 33.0. The first-order valence-corrected chi connectivity index (χ1v) is 20.7. The summed E-state index contributed by atoms with van der Waals surface area (Å²) in [4.78, 5) is 24.0. The lowest BCUT2D eigenvalue weighted by Crippen LogP contribution is -2.25. The van der Waals surface area contributed by atoms with Crippen LogP contribution in [0.2, 0.25) is 0 Å². The van der Waals surface area contributed by atoms with Crippen molar-refractivity contribution in [2.45, 2.75) is 186 Å². The fourth-order valence-corrected chi connectivity index (χ4v) is 5.47. The number of hydrogen-bond donors (Lipinski definition) is 3. The molecular formula is C45H76O7. The Bertz CT molecular complexity index is 994. The van der Waals surface area contributed by atoms with Crippen molar-refractivity contribution in [2.75, 3.05) is 13.2 Å². The van der Waals surface area contributed by atoms with E-state index in [1.54, 1.807) is 24.3 Å². The quantitative estimate of drug-likeness (QED) is 0.0255. The Labute approximate surface area is 318 Å². The van der Waals surface area contributed by atoms with Gasteiger partial charge in [-0.3, -0.25) is 9.59 Å². The molecule has 0 bridgehead atoms. The summed E-state index contributed by atoms with van der Waals surface area (Å²) in [6, 6.07) is 0. The van der Waals surface area contributed by atoms with Crippen molar-refractivity contribution in [2.24, 2.45) is 0 Å². The van der Waals surface area contributed by atoms with Crippen LogP contribution in [0.4, 0.5) is 0 Å². The van der Waals surface area contributed by atoms with Crippen LogP contribution in [-0.4, -0.2) is 58.8 Å². The number of esters is 2. The molecule has 298 valence electrons. The zero-order valence-corrected chi connectivity index (χ0v) is 33.0. The molecule has 0 saturated carbocycles.